The molecule has 2 N–H and O–H groups in total. The number of hydrogen-bond acceptors (Lipinski definition) is 4. The zero-order valence-electron chi connectivity index (χ0n) is 17.3. The highest BCUT2D eigenvalue weighted by atomic mass is 127. The number of rotatable bonds is 8. The van der Waals surface area contributed by atoms with E-state index in [4.69, 9.17) is 4.74 Å². The molecule has 160 valence electrons. The molecule has 6 nitrogen and oxygen atoms in total. The predicted molar refractivity (Wildman–Crippen MR) is 126 cm³/mol. The van der Waals surface area contributed by atoms with Crippen LogP contribution >= 0.6 is 24.0 Å². The van der Waals surface area contributed by atoms with Gasteiger partial charge in [-0.25, -0.2) is 8.42 Å². The van der Waals surface area contributed by atoms with Gasteiger partial charge in [-0.2, -0.15) is 0 Å². The van der Waals surface area contributed by atoms with Crippen molar-refractivity contribution in [2.45, 2.75) is 40.2 Å². The lowest BCUT2D eigenvalue weighted by Gasteiger charge is -2.19. The number of benzene rings is 1. The number of nitrogens with zero attached hydrogens (tertiary/aromatic N) is 1. The van der Waals surface area contributed by atoms with Gasteiger partial charge in [0, 0.05) is 13.1 Å². The van der Waals surface area contributed by atoms with Crippen LogP contribution in [0.4, 0.5) is 0 Å². The highest BCUT2D eigenvalue weighted by Crippen LogP contribution is 2.20. The Morgan fingerprint density at radius 1 is 1.25 bits per heavy atom. The fourth-order valence-corrected chi connectivity index (χ4v) is 4.81. The Kier molecular flexibility index (Phi) is 10.6. The standard InChI is InChI=1S/C20H33N3O3S.HI/c1-5-21-20(22-12-17-10-11-27(24,25)14-17)23-16(4)18-6-8-19(9-7-18)26-13-15(2)3;/h6-9,15-17H,5,10-14H2,1-4H3,(H2,21,22,23);1H. The summed E-state index contributed by atoms with van der Waals surface area (Å²) in [5, 5.41) is 6.63. The van der Waals surface area contributed by atoms with Crippen molar-refractivity contribution in [3.63, 3.8) is 0 Å². The van der Waals surface area contributed by atoms with E-state index in [9.17, 15) is 8.42 Å². The maximum atomic E-state index is 11.6. The summed E-state index contributed by atoms with van der Waals surface area (Å²) in [6, 6.07) is 8.17. The molecule has 1 aliphatic heterocycles. The van der Waals surface area contributed by atoms with Crippen molar-refractivity contribution in [3.8, 4) is 5.75 Å². The SMILES string of the molecule is CCNC(=NCC1CCS(=O)(=O)C1)NC(C)c1ccc(OCC(C)C)cc1.I. The van der Waals surface area contributed by atoms with E-state index in [-0.39, 0.29) is 41.7 Å². The summed E-state index contributed by atoms with van der Waals surface area (Å²) in [6.07, 6.45) is 0.707. The summed E-state index contributed by atoms with van der Waals surface area (Å²) in [7, 11) is -2.86. The molecule has 1 saturated heterocycles. The van der Waals surface area contributed by atoms with Crippen LogP contribution in [0.3, 0.4) is 0 Å². The van der Waals surface area contributed by atoms with Gasteiger partial charge >= 0.3 is 0 Å². The van der Waals surface area contributed by atoms with Crippen molar-refractivity contribution < 1.29 is 13.2 Å². The zero-order chi connectivity index (χ0) is 19.9. The van der Waals surface area contributed by atoms with Crippen LogP contribution in [0.5, 0.6) is 5.75 Å². The first-order valence-electron chi connectivity index (χ1n) is 9.77. The molecule has 0 bridgehead atoms. The van der Waals surface area contributed by atoms with E-state index in [0.29, 0.717) is 31.2 Å². The molecule has 1 aliphatic rings. The van der Waals surface area contributed by atoms with E-state index in [0.717, 1.165) is 23.8 Å². The number of hydrogen-bond donors (Lipinski definition) is 2. The van der Waals surface area contributed by atoms with E-state index in [1.165, 1.54) is 0 Å². The van der Waals surface area contributed by atoms with Gasteiger partial charge in [0.25, 0.3) is 0 Å². The minimum Gasteiger partial charge on any atom is -0.493 e. The summed E-state index contributed by atoms with van der Waals surface area (Å²) >= 11 is 0. The van der Waals surface area contributed by atoms with Crippen molar-refractivity contribution >= 4 is 39.8 Å². The molecular formula is C20H34IN3O3S. The largest absolute Gasteiger partial charge is 0.493 e. The lowest BCUT2D eigenvalue weighted by Crippen LogP contribution is -2.39. The highest BCUT2D eigenvalue weighted by Gasteiger charge is 2.27. The second-order valence-corrected chi connectivity index (χ2v) is 9.86. The maximum Gasteiger partial charge on any atom is 0.191 e. The molecule has 2 atom stereocenters. The fourth-order valence-electron chi connectivity index (χ4n) is 2.96. The molecule has 0 saturated carbocycles. The molecule has 0 radical (unpaired) electrons. The van der Waals surface area contributed by atoms with E-state index >= 15 is 0 Å². The smallest absolute Gasteiger partial charge is 0.191 e. The van der Waals surface area contributed by atoms with Crippen LogP contribution in [0.2, 0.25) is 0 Å². The van der Waals surface area contributed by atoms with Crippen LogP contribution in [0.25, 0.3) is 0 Å². The lowest BCUT2D eigenvalue weighted by molar-refractivity contribution is 0.271. The van der Waals surface area contributed by atoms with Crippen molar-refractivity contribution in [2.75, 3.05) is 31.2 Å². The Bertz CT molecular complexity index is 721. The van der Waals surface area contributed by atoms with Gasteiger partial charge in [-0.3, -0.25) is 4.99 Å². The summed E-state index contributed by atoms with van der Waals surface area (Å²) in [5.74, 6) is 2.76. The van der Waals surface area contributed by atoms with Crippen LogP contribution < -0.4 is 15.4 Å². The molecule has 0 spiro atoms. The summed E-state index contributed by atoms with van der Waals surface area (Å²) in [6.45, 7) is 10.3. The van der Waals surface area contributed by atoms with Gasteiger partial charge in [0.2, 0.25) is 0 Å². The zero-order valence-corrected chi connectivity index (χ0v) is 20.4. The molecule has 1 aromatic rings. The first-order valence-corrected chi connectivity index (χ1v) is 11.6. The number of guanidine groups is 1. The van der Waals surface area contributed by atoms with Gasteiger partial charge in [-0.15, -0.1) is 24.0 Å². The Labute approximate surface area is 186 Å². The average Bonchev–Trinajstić information content (AvgIpc) is 2.97. The van der Waals surface area contributed by atoms with Gasteiger partial charge in [0.15, 0.2) is 15.8 Å². The minimum atomic E-state index is -2.86. The number of aliphatic imine (C=N–C) groups is 1. The maximum absolute atomic E-state index is 11.6. The Morgan fingerprint density at radius 2 is 1.93 bits per heavy atom. The van der Waals surface area contributed by atoms with Gasteiger partial charge in [-0.05, 0) is 49.8 Å². The number of ether oxygens (including phenoxy) is 1. The third-order valence-corrected chi connectivity index (χ3v) is 6.33. The Hall–Kier alpha value is -1.03. The molecule has 8 heteroatoms. The summed E-state index contributed by atoms with van der Waals surface area (Å²) in [5.41, 5.74) is 1.14. The van der Waals surface area contributed by atoms with Crippen molar-refractivity contribution in [1.82, 2.24) is 10.6 Å². The van der Waals surface area contributed by atoms with Gasteiger partial charge < -0.3 is 15.4 Å². The van der Waals surface area contributed by atoms with Crippen LogP contribution in [-0.2, 0) is 9.84 Å². The fraction of sp³-hybridized carbons (Fsp3) is 0.650. The van der Waals surface area contributed by atoms with Gasteiger partial charge in [0.1, 0.15) is 5.75 Å². The molecule has 0 aromatic heterocycles. The molecule has 1 aromatic carbocycles. The van der Waals surface area contributed by atoms with Crippen LogP contribution in [0, 0.1) is 11.8 Å². The summed E-state index contributed by atoms with van der Waals surface area (Å²) < 4.78 is 28.9. The van der Waals surface area contributed by atoms with Crippen LogP contribution in [0.15, 0.2) is 29.3 Å². The first kappa shape index (κ1) is 25.0. The second kappa shape index (κ2) is 11.8. The molecule has 2 unspecified atom stereocenters. The van der Waals surface area contributed by atoms with Gasteiger partial charge in [0.05, 0.1) is 24.2 Å². The molecule has 2 rings (SSSR count). The predicted octanol–water partition coefficient (Wildman–Crippen LogP) is 3.39. The molecule has 1 fully saturated rings. The monoisotopic (exact) mass is 523 g/mol. The third-order valence-electron chi connectivity index (χ3n) is 4.50. The topological polar surface area (TPSA) is 79.8 Å². The summed E-state index contributed by atoms with van der Waals surface area (Å²) in [4.78, 5) is 4.60. The third kappa shape index (κ3) is 8.55. The normalized spacial score (nSPS) is 19.8. The Balaban J connectivity index is 0.00000392. The quantitative estimate of drug-likeness (QED) is 0.310. The first-order chi connectivity index (χ1) is 12.8. The van der Waals surface area contributed by atoms with Gasteiger partial charge in [-0.1, -0.05) is 26.0 Å². The van der Waals surface area contributed by atoms with E-state index < -0.39 is 9.84 Å². The minimum absolute atomic E-state index is 0. The van der Waals surface area contributed by atoms with E-state index in [1.807, 2.05) is 19.1 Å². The van der Waals surface area contributed by atoms with Crippen LogP contribution in [0.1, 0.15) is 45.7 Å². The average molecular weight is 523 g/mol. The molecular weight excluding hydrogens is 489 g/mol. The highest BCUT2D eigenvalue weighted by molar-refractivity contribution is 14.0. The van der Waals surface area contributed by atoms with Crippen molar-refractivity contribution in [1.29, 1.82) is 0 Å². The lowest BCUT2D eigenvalue weighted by atomic mass is 10.1. The second-order valence-electron chi connectivity index (χ2n) is 7.63. The van der Waals surface area contributed by atoms with E-state index in [1.54, 1.807) is 0 Å². The molecule has 0 aliphatic carbocycles. The number of sulfone groups is 1. The van der Waals surface area contributed by atoms with Crippen LogP contribution in [-0.4, -0.2) is 45.6 Å². The van der Waals surface area contributed by atoms with Crippen molar-refractivity contribution in [3.05, 3.63) is 29.8 Å². The van der Waals surface area contributed by atoms with E-state index in [2.05, 4.69) is 48.5 Å². The molecule has 0 amide bonds. The number of halogens is 1. The molecule has 1 heterocycles. The number of nitrogens with one attached hydrogen (secondary N) is 2. The Morgan fingerprint density at radius 3 is 2.46 bits per heavy atom. The van der Waals surface area contributed by atoms with Crippen molar-refractivity contribution in [2.24, 2.45) is 16.8 Å². The molecule has 28 heavy (non-hydrogen) atoms.